The number of pyridine rings is 1. The predicted octanol–water partition coefficient (Wildman–Crippen LogP) is 1.48. The molecule has 2 rings (SSSR count). The van der Waals surface area contributed by atoms with E-state index < -0.39 is 5.97 Å². The van der Waals surface area contributed by atoms with E-state index in [0.29, 0.717) is 31.6 Å². The third-order valence-corrected chi connectivity index (χ3v) is 3.65. The number of carboxylic acids is 1. The van der Waals surface area contributed by atoms with Crippen LogP contribution in [0.15, 0.2) is 18.5 Å². The monoisotopic (exact) mass is 292 g/mol. The first-order chi connectivity index (χ1) is 9.99. The Morgan fingerprint density at radius 2 is 2.05 bits per heavy atom. The number of carbonyl (C=O) groups excluding carboxylic acids is 1. The fourth-order valence-corrected chi connectivity index (χ4v) is 2.37. The van der Waals surface area contributed by atoms with E-state index in [0.717, 1.165) is 5.69 Å². The number of nitrogens with zero attached hydrogens (tertiary/aromatic N) is 3. The van der Waals surface area contributed by atoms with Gasteiger partial charge in [-0.25, -0.2) is 4.79 Å². The van der Waals surface area contributed by atoms with Gasteiger partial charge in [0.2, 0.25) is 0 Å². The van der Waals surface area contributed by atoms with Crippen molar-refractivity contribution in [3.8, 4) is 0 Å². The van der Waals surface area contributed by atoms with Gasteiger partial charge in [-0.2, -0.15) is 0 Å². The molecule has 1 aromatic rings. The Bertz CT molecular complexity index is 525. The molecule has 2 heterocycles. The lowest BCUT2D eigenvalue weighted by Crippen LogP contribution is -2.42. The highest BCUT2D eigenvalue weighted by molar-refractivity contribution is 5.93. The number of amides is 2. The van der Waals surface area contributed by atoms with Crippen molar-refractivity contribution in [2.24, 2.45) is 5.92 Å². The van der Waals surface area contributed by atoms with E-state index >= 15 is 0 Å². The van der Waals surface area contributed by atoms with E-state index in [1.807, 2.05) is 19.0 Å². The van der Waals surface area contributed by atoms with Gasteiger partial charge in [0.05, 0.1) is 23.5 Å². The van der Waals surface area contributed by atoms with Gasteiger partial charge in [-0.1, -0.05) is 0 Å². The van der Waals surface area contributed by atoms with Gasteiger partial charge in [-0.15, -0.1) is 0 Å². The number of urea groups is 1. The van der Waals surface area contributed by atoms with Crippen molar-refractivity contribution in [3.05, 3.63) is 18.5 Å². The lowest BCUT2D eigenvalue weighted by molar-refractivity contribution is -0.143. The first kappa shape index (κ1) is 15.1. The van der Waals surface area contributed by atoms with Crippen LogP contribution in [0.2, 0.25) is 0 Å². The zero-order valence-corrected chi connectivity index (χ0v) is 12.2. The van der Waals surface area contributed by atoms with Gasteiger partial charge in [-0.3, -0.25) is 9.78 Å². The van der Waals surface area contributed by atoms with Crippen LogP contribution < -0.4 is 10.2 Å². The van der Waals surface area contributed by atoms with Crippen molar-refractivity contribution in [2.45, 2.75) is 12.8 Å². The summed E-state index contributed by atoms with van der Waals surface area (Å²) in [4.78, 5) is 30.7. The van der Waals surface area contributed by atoms with Gasteiger partial charge in [0.1, 0.15) is 0 Å². The van der Waals surface area contributed by atoms with Gasteiger partial charge in [-0.05, 0) is 18.9 Å². The summed E-state index contributed by atoms with van der Waals surface area (Å²) in [7, 11) is 3.76. The highest BCUT2D eigenvalue weighted by Crippen LogP contribution is 2.23. The molecule has 1 aliphatic rings. The number of anilines is 2. The number of likely N-dealkylation sites (tertiary alicyclic amines) is 1. The molecule has 7 nitrogen and oxygen atoms in total. The second-order valence-electron chi connectivity index (χ2n) is 5.32. The number of rotatable bonds is 3. The molecule has 21 heavy (non-hydrogen) atoms. The SMILES string of the molecule is CN(C)c1cnccc1NC(=O)N1CCC(C(=O)O)CC1. The van der Waals surface area contributed by atoms with Crippen LogP contribution in [0, 0.1) is 5.92 Å². The standard InChI is InChI=1S/C14H20N4O3/c1-17(2)12-9-15-6-3-11(12)16-14(21)18-7-4-10(5-8-18)13(19)20/h3,6,9-10H,4-5,7-8H2,1-2H3,(H,19,20)(H,15,16,21). The maximum absolute atomic E-state index is 12.2. The van der Waals surface area contributed by atoms with E-state index in [-0.39, 0.29) is 11.9 Å². The second-order valence-corrected chi connectivity index (χ2v) is 5.32. The Kier molecular flexibility index (Phi) is 4.62. The van der Waals surface area contributed by atoms with Gasteiger partial charge in [0.25, 0.3) is 0 Å². The summed E-state index contributed by atoms with van der Waals surface area (Å²) in [6.45, 7) is 0.927. The number of aromatic nitrogens is 1. The van der Waals surface area contributed by atoms with E-state index in [9.17, 15) is 9.59 Å². The maximum atomic E-state index is 12.2. The van der Waals surface area contributed by atoms with Crippen molar-refractivity contribution in [1.29, 1.82) is 0 Å². The number of carbonyl (C=O) groups is 2. The zero-order valence-electron chi connectivity index (χ0n) is 12.2. The normalized spacial score (nSPS) is 15.6. The summed E-state index contributed by atoms with van der Waals surface area (Å²) in [5.74, 6) is -1.12. The fraction of sp³-hybridized carbons (Fsp3) is 0.500. The first-order valence-electron chi connectivity index (χ1n) is 6.89. The Balaban J connectivity index is 1.98. The molecular formula is C14H20N4O3. The number of nitrogens with one attached hydrogen (secondary N) is 1. The minimum atomic E-state index is -0.779. The quantitative estimate of drug-likeness (QED) is 0.881. The lowest BCUT2D eigenvalue weighted by Gasteiger charge is -2.30. The van der Waals surface area contributed by atoms with Gasteiger partial charge >= 0.3 is 12.0 Å². The maximum Gasteiger partial charge on any atom is 0.321 e. The van der Waals surface area contributed by atoms with Crippen molar-refractivity contribution >= 4 is 23.4 Å². The van der Waals surface area contributed by atoms with Gasteiger partial charge in [0.15, 0.2) is 0 Å². The molecule has 114 valence electrons. The molecule has 0 spiro atoms. The molecule has 2 amide bonds. The van der Waals surface area contributed by atoms with Crippen LogP contribution in [-0.2, 0) is 4.79 Å². The summed E-state index contributed by atoms with van der Waals surface area (Å²) in [5, 5.41) is 11.8. The van der Waals surface area contributed by atoms with Crippen molar-refractivity contribution in [2.75, 3.05) is 37.4 Å². The zero-order chi connectivity index (χ0) is 15.4. The molecule has 1 saturated heterocycles. The smallest absolute Gasteiger partial charge is 0.321 e. The summed E-state index contributed by atoms with van der Waals surface area (Å²) < 4.78 is 0. The molecular weight excluding hydrogens is 272 g/mol. The van der Waals surface area contributed by atoms with E-state index in [2.05, 4.69) is 10.3 Å². The number of piperidine rings is 1. The molecule has 0 unspecified atom stereocenters. The van der Waals surface area contributed by atoms with Crippen LogP contribution in [0.3, 0.4) is 0 Å². The van der Waals surface area contributed by atoms with Crippen molar-refractivity contribution in [1.82, 2.24) is 9.88 Å². The average Bonchev–Trinajstić information content (AvgIpc) is 2.47. The minimum absolute atomic E-state index is 0.201. The second kappa shape index (κ2) is 6.43. The topological polar surface area (TPSA) is 85.8 Å². The van der Waals surface area contributed by atoms with Crippen molar-refractivity contribution in [3.63, 3.8) is 0 Å². The van der Waals surface area contributed by atoms with Crippen LogP contribution in [0.1, 0.15) is 12.8 Å². The first-order valence-corrected chi connectivity index (χ1v) is 6.89. The van der Waals surface area contributed by atoms with Crippen molar-refractivity contribution < 1.29 is 14.7 Å². The van der Waals surface area contributed by atoms with E-state index in [1.54, 1.807) is 23.4 Å². The van der Waals surface area contributed by atoms with Crippen LogP contribution in [0.4, 0.5) is 16.2 Å². The Hall–Kier alpha value is -2.31. The minimum Gasteiger partial charge on any atom is -0.481 e. The van der Waals surface area contributed by atoms with Crippen LogP contribution in [-0.4, -0.2) is 54.2 Å². The number of hydrogen-bond acceptors (Lipinski definition) is 4. The highest BCUT2D eigenvalue weighted by Gasteiger charge is 2.27. The molecule has 0 radical (unpaired) electrons. The molecule has 1 fully saturated rings. The van der Waals surface area contributed by atoms with Crippen LogP contribution in [0.5, 0.6) is 0 Å². The Morgan fingerprint density at radius 1 is 1.38 bits per heavy atom. The van der Waals surface area contributed by atoms with Gasteiger partial charge < -0.3 is 20.2 Å². The number of hydrogen-bond donors (Lipinski definition) is 2. The highest BCUT2D eigenvalue weighted by atomic mass is 16.4. The third kappa shape index (κ3) is 3.62. The Morgan fingerprint density at radius 3 is 2.62 bits per heavy atom. The molecule has 0 saturated carbocycles. The molecule has 1 aliphatic heterocycles. The summed E-state index contributed by atoms with van der Waals surface area (Å²) >= 11 is 0. The fourth-order valence-electron chi connectivity index (χ4n) is 2.37. The third-order valence-electron chi connectivity index (χ3n) is 3.65. The molecule has 0 bridgehead atoms. The van der Waals surface area contributed by atoms with E-state index in [1.165, 1.54) is 0 Å². The molecule has 0 aliphatic carbocycles. The van der Waals surface area contributed by atoms with Gasteiger partial charge in [0, 0.05) is 33.4 Å². The largest absolute Gasteiger partial charge is 0.481 e. The molecule has 1 aromatic heterocycles. The molecule has 2 N–H and O–H groups in total. The molecule has 0 aromatic carbocycles. The summed E-state index contributed by atoms with van der Waals surface area (Å²) in [6.07, 6.45) is 4.31. The van der Waals surface area contributed by atoms with E-state index in [4.69, 9.17) is 5.11 Å². The number of aliphatic carboxylic acids is 1. The Labute approximate surface area is 123 Å². The van der Waals surface area contributed by atoms with Crippen LogP contribution in [0.25, 0.3) is 0 Å². The summed E-state index contributed by atoms with van der Waals surface area (Å²) in [5.41, 5.74) is 1.52. The van der Waals surface area contributed by atoms with Crippen LogP contribution >= 0.6 is 0 Å². The lowest BCUT2D eigenvalue weighted by atomic mass is 9.97. The predicted molar refractivity (Wildman–Crippen MR) is 79.5 cm³/mol. The molecule has 0 atom stereocenters. The average molecular weight is 292 g/mol. The molecule has 7 heteroatoms. The number of carboxylic acid groups (broad SMARTS) is 1. The summed E-state index contributed by atoms with van der Waals surface area (Å²) in [6, 6.07) is 1.55.